The predicted octanol–water partition coefficient (Wildman–Crippen LogP) is 5.67. The summed E-state index contributed by atoms with van der Waals surface area (Å²) in [6.07, 6.45) is 0.191. The van der Waals surface area contributed by atoms with Crippen LogP contribution in [0.4, 0.5) is 20.2 Å². The number of nitrogens with zero attached hydrogens (tertiary/aromatic N) is 1. The molecule has 1 heterocycles. The molecular weight excluding hydrogens is 474 g/mol. The maximum atomic E-state index is 14.2. The summed E-state index contributed by atoms with van der Waals surface area (Å²) in [5, 5.41) is 2.47. The number of rotatable bonds is 6. The van der Waals surface area contributed by atoms with Gasteiger partial charge in [0.15, 0.2) is 0 Å². The molecule has 1 aliphatic rings. The van der Waals surface area contributed by atoms with Crippen LogP contribution in [-0.2, 0) is 9.53 Å². The first kappa shape index (κ1) is 24.4. The van der Waals surface area contributed by atoms with E-state index in [0.29, 0.717) is 27.1 Å². The minimum absolute atomic E-state index is 0.183. The Kier molecular flexibility index (Phi) is 7.16. The van der Waals surface area contributed by atoms with Gasteiger partial charge in [-0.05, 0) is 55.8 Å². The highest BCUT2D eigenvalue weighted by atomic mass is 32.2. The number of carbonyl (C=O) groups is 3. The van der Waals surface area contributed by atoms with Gasteiger partial charge in [-0.1, -0.05) is 30.8 Å². The number of ether oxygens (including phenoxy) is 1. The van der Waals surface area contributed by atoms with E-state index in [-0.39, 0.29) is 24.3 Å². The van der Waals surface area contributed by atoms with Crippen LogP contribution in [0, 0.1) is 11.6 Å². The fourth-order valence-electron chi connectivity index (χ4n) is 3.82. The molecule has 35 heavy (non-hydrogen) atoms. The molecule has 3 aromatic rings. The molecule has 4 rings (SSSR count). The van der Waals surface area contributed by atoms with Gasteiger partial charge in [0.05, 0.1) is 29.1 Å². The molecule has 1 N–H and O–H groups in total. The topological polar surface area (TPSA) is 75.7 Å². The SMILES string of the molecule is CCOC(=O)c1ccc2c(c1)N([C@H](CC)C(=O)Nc1ccc(F)cc1F)C(=O)c1ccccc1S2. The number of hydrogen-bond acceptors (Lipinski definition) is 5. The van der Waals surface area contributed by atoms with Crippen LogP contribution < -0.4 is 10.2 Å². The molecule has 1 aliphatic heterocycles. The van der Waals surface area contributed by atoms with Crippen molar-refractivity contribution in [1.82, 2.24) is 0 Å². The molecule has 2 amide bonds. The maximum absolute atomic E-state index is 14.2. The van der Waals surface area contributed by atoms with Crippen molar-refractivity contribution >= 4 is 40.9 Å². The van der Waals surface area contributed by atoms with Gasteiger partial charge in [0.2, 0.25) is 5.91 Å². The lowest BCUT2D eigenvalue weighted by molar-refractivity contribution is -0.117. The molecule has 0 radical (unpaired) electrons. The molecule has 6 nitrogen and oxygen atoms in total. The van der Waals surface area contributed by atoms with Gasteiger partial charge in [-0.15, -0.1) is 0 Å². The lowest BCUT2D eigenvalue weighted by atomic mass is 10.1. The van der Waals surface area contributed by atoms with Gasteiger partial charge in [-0.2, -0.15) is 0 Å². The Labute approximate surface area is 205 Å². The number of anilines is 2. The number of benzene rings is 3. The Morgan fingerprint density at radius 2 is 1.80 bits per heavy atom. The number of carbonyl (C=O) groups excluding carboxylic acids is 3. The van der Waals surface area contributed by atoms with E-state index < -0.39 is 35.5 Å². The summed E-state index contributed by atoms with van der Waals surface area (Å²) in [5.74, 6) is -3.34. The molecule has 0 spiro atoms. The quantitative estimate of drug-likeness (QED) is 0.445. The fourth-order valence-corrected chi connectivity index (χ4v) is 4.87. The average molecular weight is 497 g/mol. The molecule has 0 bridgehead atoms. The summed E-state index contributed by atoms with van der Waals surface area (Å²) >= 11 is 1.34. The van der Waals surface area contributed by atoms with Crippen LogP contribution in [-0.4, -0.2) is 30.4 Å². The number of fused-ring (bicyclic) bond motifs is 2. The number of hydrogen-bond donors (Lipinski definition) is 1. The van der Waals surface area contributed by atoms with Gasteiger partial charge in [-0.3, -0.25) is 14.5 Å². The Balaban J connectivity index is 1.81. The van der Waals surface area contributed by atoms with Crippen molar-refractivity contribution in [2.24, 2.45) is 0 Å². The molecular formula is C26H22F2N2O4S. The van der Waals surface area contributed by atoms with E-state index in [2.05, 4.69) is 5.32 Å². The predicted molar refractivity (Wildman–Crippen MR) is 129 cm³/mol. The van der Waals surface area contributed by atoms with E-state index in [9.17, 15) is 23.2 Å². The zero-order valence-electron chi connectivity index (χ0n) is 19.0. The Hall–Kier alpha value is -3.72. The van der Waals surface area contributed by atoms with Crippen LogP contribution in [0.1, 0.15) is 41.0 Å². The summed E-state index contributed by atoms with van der Waals surface area (Å²) in [5.41, 5.74) is 0.788. The Bertz CT molecular complexity index is 1310. The van der Waals surface area contributed by atoms with Gasteiger partial charge in [0.25, 0.3) is 5.91 Å². The Morgan fingerprint density at radius 3 is 2.51 bits per heavy atom. The van der Waals surface area contributed by atoms with Crippen molar-refractivity contribution in [3.63, 3.8) is 0 Å². The maximum Gasteiger partial charge on any atom is 0.338 e. The molecule has 0 saturated carbocycles. The summed E-state index contributed by atoms with van der Waals surface area (Å²) in [6.45, 7) is 3.59. The zero-order chi connectivity index (χ0) is 25.1. The lowest BCUT2D eigenvalue weighted by Crippen LogP contribution is -2.47. The molecule has 180 valence electrons. The van der Waals surface area contributed by atoms with Crippen molar-refractivity contribution in [2.45, 2.75) is 36.1 Å². The number of amides is 2. The summed E-state index contributed by atoms with van der Waals surface area (Å²) in [6, 6.07) is 13.6. The monoisotopic (exact) mass is 496 g/mol. The average Bonchev–Trinajstić information content (AvgIpc) is 2.96. The molecule has 0 fully saturated rings. The van der Waals surface area contributed by atoms with E-state index in [4.69, 9.17) is 4.74 Å². The zero-order valence-corrected chi connectivity index (χ0v) is 19.8. The molecule has 0 aliphatic carbocycles. The molecule has 0 saturated heterocycles. The van der Waals surface area contributed by atoms with E-state index in [1.807, 2.05) is 6.07 Å². The van der Waals surface area contributed by atoms with Crippen molar-refractivity contribution in [2.75, 3.05) is 16.8 Å². The molecule has 9 heteroatoms. The third-order valence-corrected chi connectivity index (χ3v) is 6.62. The molecule has 3 aromatic carbocycles. The summed E-state index contributed by atoms with van der Waals surface area (Å²) in [4.78, 5) is 42.2. The minimum atomic E-state index is -1.05. The highest BCUT2D eigenvalue weighted by Gasteiger charge is 2.36. The van der Waals surface area contributed by atoms with Crippen LogP contribution in [0.3, 0.4) is 0 Å². The van der Waals surface area contributed by atoms with Crippen molar-refractivity contribution < 1.29 is 27.9 Å². The second-order valence-corrected chi connectivity index (χ2v) is 8.80. The molecule has 0 unspecified atom stereocenters. The van der Waals surface area contributed by atoms with Gasteiger partial charge >= 0.3 is 5.97 Å². The molecule has 1 atom stereocenters. The Morgan fingerprint density at radius 1 is 1.03 bits per heavy atom. The van der Waals surface area contributed by atoms with Crippen LogP contribution in [0.25, 0.3) is 0 Å². The first-order valence-corrected chi connectivity index (χ1v) is 11.8. The van der Waals surface area contributed by atoms with Crippen molar-refractivity contribution in [1.29, 1.82) is 0 Å². The van der Waals surface area contributed by atoms with E-state index in [0.717, 1.165) is 12.1 Å². The first-order chi connectivity index (χ1) is 16.8. The van der Waals surface area contributed by atoms with Crippen molar-refractivity contribution in [3.05, 3.63) is 83.4 Å². The third kappa shape index (κ3) is 4.90. The fraction of sp³-hybridized carbons (Fsp3) is 0.192. The largest absolute Gasteiger partial charge is 0.462 e. The second-order valence-electron chi connectivity index (χ2n) is 7.71. The van der Waals surface area contributed by atoms with Crippen LogP contribution >= 0.6 is 11.8 Å². The highest BCUT2D eigenvalue weighted by Crippen LogP contribution is 2.43. The summed E-state index contributed by atoms with van der Waals surface area (Å²) < 4.78 is 32.6. The molecule has 0 aromatic heterocycles. The van der Waals surface area contributed by atoms with Crippen LogP contribution in [0.5, 0.6) is 0 Å². The van der Waals surface area contributed by atoms with Crippen LogP contribution in [0.2, 0.25) is 0 Å². The van der Waals surface area contributed by atoms with Gasteiger partial charge < -0.3 is 10.1 Å². The second kappa shape index (κ2) is 10.3. The van der Waals surface area contributed by atoms with E-state index in [1.165, 1.54) is 22.7 Å². The highest BCUT2D eigenvalue weighted by molar-refractivity contribution is 7.99. The standard InChI is InChI=1S/C26H22F2N2O4S/c1-3-20(24(31)29-19-11-10-16(27)14-18(19)28)30-21-13-15(26(33)34-4-2)9-12-23(21)35-22-8-6-5-7-17(22)25(30)32/h5-14,20H,3-4H2,1-2H3,(H,29,31)/t20-/m1/s1. The normalized spacial score (nSPS) is 13.4. The van der Waals surface area contributed by atoms with Crippen LogP contribution in [0.15, 0.2) is 70.5 Å². The number of esters is 1. The van der Waals surface area contributed by atoms with Gasteiger partial charge in [-0.25, -0.2) is 13.6 Å². The van der Waals surface area contributed by atoms with Gasteiger partial charge in [0.1, 0.15) is 17.7 Å². The smallest absolute Gasteiger partial charge is 0.338 e. The third-order valence-electron chi connectivity index (χ3n) is 5.48. The van der Waals surface area contributed by atoms with Crippen molar-refractivity contribution in [3.8, 4) is 0 Å². The van der Waals surface area contributed by atoms with E-state index in [1.54, 1.807) is 44.2 Å². The summed E-state index contributed by atoms with van der Waals surface area (Å²) in [7, 11) is 0. The van der Waals surface area contributed by atoms with Gasteiger partial charge in [0, 0.05) is 15.9 Å². The minimum Gasteiger partial charge on any atom is -0.462 e. The lowest BCUT2D eigenvalue weighted by Gasteiger charge is -2.31. The van der Waals surface area contributed by atoms with E-state index >= 15 is 0 Å². The number of halogens is 2. The number of nitrogens with one attached hydrogen (secondary N) is 1. The first-order valence-electron chi connectivity index (χ1n) is 11.0.